The molecule has 74 valence electrons. The molecule has 0 aromatic heterocycles. The molecule has 0 amide bonds. The fourth-order valence-corrected chi connectivity index (χ4v) is 1.74. The molecule has 0 bridgehead atoms. The topological polar surface area (TPSA) is 46.6 Å². The van der Waals surface area contributed by atoms with Crippen LogP contribution in [0, 0.1) is 0 Å². The Morgan fingerprint density at radius 2 is 2.00 bits per heavy atom. The summed E-state index contributed by atoms with van der Waals surface area (Å²) in [7, 11) is -0.201. The minimum Gasteiger partial charge on any atom is -1.00 e. The first-order valence-electron chi connectivity index (χ1n) is 3.52. The second-order valence-electron chi connectivity index (χ2n) is 2.51. The molecule has 0 heterocycles. The molecular formula is C6H14NNaO3S2. The molecule has 0 aliphatic rings. The number of thiocarbonyl (C=S) groups is 1. The van der Waals surface area contributed by atoms with E-state index in [9.17, 15) is 8.42 Å². The molecule has 0 saturated heterocycles. The standard InChI is InChI=1S/C6H13NO3S2.Na.H/c1-4-5-12(8,9)10-6(11)7(2)3;;/h4-5H2,1-3H3;;/q;+1;-1. The van der Waals surface area contributed by atoms with Crippen LogP contribution in [0.3, 0.4) is 0 Å². The van der Waals surface area contributed by atoms with E-state index >= 15 is 0 Å². The van der Waals surface area contributed by atoms with Crippen molar-refractivity contribution >= 4 is 27.5 Å². The van der Waals surface area contributed by atoms with Crippen molar-refractivity contribution in [1.29, 1.82) is 0 Å². The van der Waals surface area contributed by atoms with E-state index in [0.29, 0.717) is 6.42 Å². The Balaban J connectivity index is -0.000000605. The number of nitrogens with zero attached hydrogens (tertiary/aromatic N) is 1. The van der Waals surface area contributed by atoms with Crippen LogP contribution in [-0.2, 0) is 14.3 Å². The third-order valence-electron chi connectivity index (χ3n) is 1.02. The third-order valence-corrected chi connectivity index (χ3v) is 2.89. The number of hydrogen-bond acceptors (Lipinski definition) is 4. The minimum absolute atomic E-state index is 0. The van der Waals surface area contributed by atoms with Gasteiger partial charge in [0.15, 0.2) is 0 Å². The summed E-state index contributed by atoms with van der Waals surface area (Å²) in [4.78, 5) is 1.43. The van der Waals surface area contributed by atoms with Crippen LogP contribution in [0.2, 0.25) is 0 Å². The molecule has 0 radical (unpaired) electrons. The van der Waals surface area contributed by atoms with Gasteiger partial charge in [0.2, 0.25) is 0 Å². The Morgan fingerprint density at radius 3 is 2.31 bits per heavy atom. The largest absolute Gasteiger partial charge is 1.00 e. The van der Waals surface area contributed by atoms with Gasteiger partial charge in [-0.05, 0) is 18.6 Å². The SMILES string of the molecule is CCCS(=O)(=O)OC(=S)N(C)C.[H-].[Na+]. The van der Waals surface area contributed by atoms with Crippen LogP contribution in [0.4, 0.5) is 0 Å². The molecule has 0 aromatic rings. The zero-order valence-electron chi connectivity index (χ0n) is 9.40. The molecular weight excluding hydrogens is 221 g/mol. The van der Waals surface area contributed by atoms with Gasteiger partial charge in [-0.15, -0.1) is 0 Å². The summed E-state index contributed by atoms with van der Waals surface area (Å²) in [6.45, 7) is 1.76. The Bertz CT molecular complexity index is 256. The summed E-state index contributed by atoms with van der Waals surface area (Å²) in [5.74, 6) is 0.000972. The molecule has 0 spiro atoms. The third kappa shape index (κ3) is 7.69. The van der Waals surface area contributed by atoms with E-state index < -0.39 is 10.1 Å². The fourth-order valence-electron chi connectivity index (χ4n) is 0.475. The van der Waals surface area contributed by atoms with Gasteiger partial charge < -0.3 is 10.5 Å². The first-order chi connectivity index (χ1) is 5.39. The Morgan fingerprint density at radius 1 is 1.54 bits per heavy atom. The average molecular weight is 235 g/mol. The second kappa shape index (κ2) is 7.00. The van der Waals surface area contributed by atoms with E-state index in [4.69, 9.17) is 0 Å². The van der Waals surface area contributed by atoms with Gasteiger partial charge in [-0.2, -0.15) is 8.42 Å². The van der Waals surface area contributed by atoms with Crippen molar-refractivity contribution < 1.29 is 43.6 Å². The van der Waals surface area contributed by atoms with E-state index in [1.165, 1.54) is 4.90 Å². The summed E-state index contributed by atoms with van der Waals surface area (Å²) in [5.41, 5.74) is 0. The zero-order valence-corrected chi connectivity index (χ0v) is 12.0. The average Bonchev–Trinajstić information content (AvgIpc) is 1.85. The molecule has 0 aliphatic heterocycles. The minimum atomic E-state index is -3.46. The summed E-state index contributed by atoms with van der Waals surface area (Å²) in [6.07, 6.45) is 0.526. The first kappa shape index (κ1) is 16.1. The predicted octanol–water partition coefficient (Wildman–Crippen LogP) is -2.29. The van der Waals surface area contributed by atoms with Crippen molar-refractivity contribution in [3.63, 3.8) is 0 Å². The van der Waals surface area contributed by atoms with E-state index in [2.05, 4.69) is 16.4 Å². The van der Waals surface area contributed by atoms with Crippen molar-refractivity contribution in [3.05, 3.63) is 0 Å². The zero-order chi connectivity index (χ0) is 9.78. The van der Waals surface area contributed by atoms with Gasteiger partial charge in [-0.3, -0.25) is 0 Å². The molecule has 13 heavy (non-hydrogen) atoms. The number of hydrogen-bond donors (Lipinski definition) is 0. The van der Waals surface area contributed by atoms with E-state index in [0.717, 1.165) is 0 Å². The van der Waals surface area contributed by atoms with Gasteiger partial charge in [-0.25, -0.2) is 0 Å². The molecule has 0 unspecified atom stereocenters. The monoisotopic (exact) mass is 235 g/mol. The first-order valence-corrected chi connectivity index (χ1v) is 5.51. The second-order valence-corrected chi connectivity index (χ2v) is 4.54. The van der Waals surface area contributed by atoms with Crippen LogP contribution in [-0.4, -0.2) is 38.3 Å². The van der Waals surface area contributed by atoms with Crippen LogP contribution in [0.1, 0.15) is 14.8 Å². The van der Waals surface area contributed by atoms with Crippen molar-refractivity contribution in [2.45, 2.75) is 13.3 Å². The van der Waals surface area contributed by atoms with Gasteiger partial charge in [0.05, 0.1) is 5.75 Å². The van der Waals surface area contributed by atoms with Crippen molar-refractivity contribution in [2.75, 3.05) is 19.8 Å². The van der Waals surface area contributed by atoms with Crippen LogP contribution in [0.25, 0.3) is 0 Å². The van der Waals surface area contributed by atoms with Gasteiger partial charge in [0.1, 0.15) is 0 Å². The van der Waals surface area contributed by atoms with Gasteiger partial charge >= 0.3 is 39.7 Å². The molecule has 0 N–H and O–H groups in total. The molecule has 0 rings (SSSR count). The molecule has 0 aromatic carbocycles. The predicted molar refractivity (Wildman–Crippen MR) is 52.6 cm³/mol. The molecule has 0 fully saturated rings. The fraction of sp³-hybridized carbons (Fsp3) is 0.833. The molecule has 7 heteroatoms. The maximum atomic E-state index is 11.0. The van der Waals surface area contributed by atoms with E-state index in [1.54, 1.807) is 21.0 Å². The summed E-state index contributed by atoms with van der Waals surface area (Å²) in [6, 6.07) is 0. The quantitative estimate of drug-likeness (QED) is 0.313. The van der Waals surface area contributed by atoms with Crippen molar-refractivity contribution in [3.8, 4) is 0 Å². The summed E-state index contributed by atoms with van der Waals surface area (Å²) < 4.78 is 26.6. The normalized spacial score (nSPS) is 10.1. The molecule has 0 aliphatic carbocycles. The molecule has 4 nitrogen and oxygen atoms in total. The number of rotatable bonds is 3. The smallest absolute Gasteiger partial charge is 1.00 e. The molecule has 0 atom stereocenters. The van der Waals surface area contributed by atoms with E-state index in [-0.39, 0.29) is 41.9 Å². The van der Waals surface area contributed by atoms with E-state index in [1.807, 2.05) is 0 Å². The van der Waals surface area contributed by atoms with Crippen molar-refractivity contribution in [1.82, 2.24) is 4.90 Å². The molecule has 0 saturated carbocycles. The van der Waals surface area contributed by atoms with Crippen LogP contribution >= 0.6 is 12.2 Å². The van der Waals surface area contributed by atoms with Crippen molar-refractivity contribution in [2.24, 2.45) is 0 Å². The van der Waals surface area contributed by atoms with Gasteiger partial charge in [-0.1, -0.05) is 6.92 Å². The van der Waals surface area contributed by atoms with Crippen LogP contribution in [0.5, 0.6) is 0 Å². The Kier molecular flexibility index (Phi) is 8.66. The summed E-state index contributed by atoms with van der Waals surface area (Å²) in [5, 5.41) is -0.0246. The van der Waals surface area contributed by atoms with Gasteiger partial charge in [0.25, 0.3) is 5.17 Å². The Labute approximate surface area is 109 Å². The maximum absolute atomic E-state index is 11.0. The maximum Gasteiger partial charge on any atom is 1.00 e. The van der Waals surface area contributed by atoms with Gasteiger partial charge in [0, 0.05) is 14.1 Å². The van der Waals surface area contributed by atoms with Crippen LogP contribution in [0.15, 0.2) is 0 Å². The van der Waals surface area contributed by atoms with Crippen LogP contribution < -0.4 is 29.6 Å². The summed E-state index contributed by atoms with van der Waals surface area (Å²) >= 11 is 4.66. The Hall–Kier alpha value is 0.640.